The van der Waals surface area contributed by atoms with E-state index in [9.17, 15) is 4.79 Å². The molecule has 0 atom stereocenters. The first kappa shape index (κ1) is 19.0. The Morgan fingerprint density at radius 1 is 0.828 bits per heavy atom. The molecule has 0 bridgehead atoms. The number of anilines is 1. The van der Waals surface area contributed by atoms with E-state index in [0.29, 0.717) is 23.8 Å². The number of nitrogens with one attached hydrogen (secondary N) is 3. The average molecular weight is 403 g/mol. The van der Waals surface area contributed by atoms with Gasteiger partial charge in [-0.25, -0.2) is 0 Å². The number of rotatable bonds is 6. The number of pyridine rings is 1. The zero-order valence-electron chi connectivity index (χ0n) is 15.8. The van der Waals surface area contributed by atoms with Crippen molar-refractivity contribution in [1.29, 1.82) is 0 Å². The Bertz CT molecular complexity index is 1130. The summed E-state index contributed by atoms with van der Waals surface area (Å²) in [5.74, 6) is -0.168. The van der Waals surface area contributed by atoms with Crippen LogP contribution in [0.15, 0.2) is 84.9 Å². The second kappa shape index (κ2) is 8.76. The fraction of sp³-hybridized carbons (Fsp3) is 0.0833. The van der Waals surface area contributed by atoms with E-state index in [1.165, 1.54) is 0 Å². The predicted molar refractivity (Wildman–Crippen MR) is 117 cm³/mol. The minimum atomic E-state index is -0.168. The van der Waals surface area contributed by atoms with Gasteiger partial charge in [0.1, 0.15) is 0 Å². The van der Waals surface area contributed by atoms with Gasteiger partial charge in [0.25, 0.3) is 5.69 Å². The van der Waals surface area contributed by atoms with Crippen LogP contribution >= 0.6 is 11.6 Å². The van der Waals surface area contributed by atoms with Crippen LogP contribution in [0.1, 0.15) is 21.6 Å². The first-order valence-electron chi connectivity index (χ1n) is 9.44. The Kier molecular flexibility index (Phi) is 5.73. The highest BCUT2D eigenvalue weighted by molar-refractivity contribution is 6.31. The number of aromatic nitrogens is 1. The number of fused-ring (bicyclic) bond motifs is 1. The molecule has 0 saturated heterocycles. The molecule has 0 aliphatic heterocycles. The first-order chi connectivity index (χ1) is 14.2. The molecule has 0 aliphatic carbocycles. The lowest BCUT2D eigenvalue weighted by Crippen LogP contribution is -2.29. The fourth-order valence-corrected chi connectivity index (χ4v) is 3.37. The van der Waals surface area contributed by atoms with Crippen molar-refractivity contribution in [2.24, 2.45) is 0 Å². The van der Waals surface area contributed by atoms with Gasteiger partial charge >= 0.3 is 5.91 Å². The van der Waals surface area contributed by atoms with E-state index in [1.807, 2.05) is 72.8 Å². The van der Waals surface area contributed by atoms with Crippen molar-refractivity contribution in [3.63, 3.8) is 0 Å². The first-order valence-corrected chi connectivity index (χ1v) is 9.82. The summed E-state index contributed by atoms with van der Waals surface area (Å²) in [7, 11) is 0. The standard InChI is InChI=1S/C24H20ClN3O/c25-19-11-12-20-21(26-15-17-7-3-1-4-8-17)14-23(28-22(20)13-19)24(29)27-16-18-9-5-2-6-10-18/h1-14H,15-16H2,(H,26,28)(H,27,29)/p+1. The molecule has 5 heteroatoms. The summed E-state index contributed by atoms with van der Waals surface area (Å²) >= 11 is 6.18. The molecular formula is C24H21ClN3O+. The summed E-state index contributed by atoms with van der Waals surface area (Å²) in [5, 5.41) is 8.01. The molecule has 4 aromatic rings. The average Bonchev–Trinajstić information content (AvgIpc) is 2.76. The number of benzene rings is 3. The quantitative estimate of drug-likeness (QED) is 0.484. The minimum absolute atomic E-state index is 0.168. The highest BCUT2D eigenvalue weighted by Crippen LogP contribution is 2.24. The van der Waals surface area contributed by atoms with Gasteiger partial charge in [-0.3, -0.25) is 4.79 Å². The molecule has 0 radical (unpaired) electrons. The number of amides is 1. The van der Waals surface area contributed by atoms with Crippen molar-refractivity contribution in [2.45, 2.75) is 13.1 Å². The lowest BCUT2D eigenvalue weighted by Gasteiger charge is -2.10. The predicted octanol–water partition coefficient (Wildman–Crippen LogP) is 4.85. The molecule has 1 aromatic heterocycles. The molecule has 0 saturated carbocycles. The maximum Gasteiger partial charge on any atom is 0.316 e. The van der Waals surface area contributed by atoms with E-state index in [0.717, 1.165) is 27.7 Å². The summed E-state index contributed by atoms with van der Waals surface area (Å²) < 4.78 is 0. The molecule has 29 heavy (non-hydrogen) atoms. The van der Waals surface area contributed by atoms with Crippen LogP contribution < -0.4 is 15.6 Å². The van der Waals surface area contributed by atoms with Gasteiger partial charge in [0, 0.05) is 30.2 Å². The van der Waals surface area contributed by atoms with Crippen molar-refractivity contribution >= 4 is 34.1 Å². The Morgan fingerprint density at radius 2 is 1.48 bits per heavy atom. The third-order valence-electron chi connectivity index (χ3n) is 4.70. The van der Waals surface area contributed by atoms with Gasteiger partial charge in [0.15, 0.2) is 0 Å². The van der Waals surface area contributed by atoms with Gasteiger partial charge in [-0.1, -0.05) is 72.3 Å². The van der Waals surface area contributed by atoms with E-state index in [2.05, 4.69) is 27.8 Å². The van der Waals surface area contributed by atoms with E-state index in [4.69, 9.17) is 11.6 Å². The molecule has 4 nitrogen and oxygen atoms in total. The molecular weight excluding hydrogens is 382 g/mol. The Labute approximate surface area is 174 Å². The SMILES string of the molecule is O=C(NCc1ccccc1)c1cc(NCc2ccccc2)c2ccc(Cl)cc2[nH+]1. The highest BCUT2D eigenvalue weighted by Gasteiger charge is 2.18. The Balaban J connectivity index is 1.60. The Hall–Kier alpha value is -3.37. The largest absolute Gasteiger partial charge is 0.380 e. The van der Waals surface area contributed by atoms with Crippen LogP contribution in [0.25, 0.3) is 10.9 Å². The molecule has 4 rings (SSSR count). The monoisotopic (exact) mass is 402 g/mol. The molecule has 0 fully saturated rings. The van der Waals surface area contributed by atoms with Gasteiger partial charge in [-0.15, -0.1) is 0 Å². The van der Waals surface area contributed by atoms with Crippen LogP contribution in [0.2, 0.25) is 5.02 Å². The van der Waals surface area contributed by atoms with Crippen LogP contribution in [-0.4, -0.2) is 5.91 Å². The van der Waals surface area contributed by atoms with Crippen molar-refractivity contribution in [3.8, 4) is 0 Å². The van der Waals surface area contributed by atoms with Crippen molar-refractivity contribution < 1.29 is 9.78 Å². The highest BCUT2D eigenvalue weighted by atomic mass is 35.5. The third kappa shape index (κ3) is 4.73. The number of carbonyl (C=O) groups is 1. The van der Waals surface area contributed by atoms with Crippen LogP contribution in [0, 0.1) is 0 Å². The van der Waals surface area contributed by atoms with Gasteiger partial charge in [0.2, 0.25) is 5.52 Å². The summed E-state index contributed by atoms with van der Waals surface area (Å²) in [6.07, 6.45) is 0. The number of halogens is 1. The summed E-state index contributed by atoms with van der Waals surface area (Å²) in [6, 6.07) is 27.5. The fourth-order valence-electron chi connectivity index (χ4n) is 3.19. The summed E-state index contributed by atoms with van der Waals surface area (Å²) in [6.45, 7) is 1.13. The Morgan fingerprint density at radius 3 is 2.17 bits per heavy atom. The van der Waals surface area contributed by atoms with Crippen LogP contribution in [-0.2, 0) is 13.1 Å². The maximum absolute atomic E-state index is 12.8. The van der Waals surface area contributed by atoms with E-state index in [1.54, 1.807) is 0 Å². The second-order valence-electron chi connectivity index (χ2n) is 6.79. The summed E-state index contributed by atoms with van der Waals surface area (Å²) in [4.78, 5) is 16.0. The molecule has 3 aromatic carbocycles. The van der Waals surface area contributed by atoms with E-state index in [-0.39, 0.29) is 5.91 Å². The lowest BCUT2D eigenvalue weighted by molar-refractivity contribution is -0.349. The van der Waals surface area contributed by atoms with Gasteiger partial charge in [-0.05, 0) is 23.3 Å². The molecule has 144 valence electrons. The van der Waals surface area contributed by atoms with Crippen LogP contribution in [0.3, 0.4) is 0 Å². The molecule has 1 heterocycles. The summed E-state index contributed by atoms with van der Waals surface area (Å²) in [5.41, 5.74) is 4.38. The zero-order valence-corrected chi connectivity index (χ0v) is 16.5. The number of hydrogen-bond acceptors (Lipinski definition) is 2. The van der Waals surface area contributed by atoms with Gasteiger partial charge < -0.3 is 10.6 Å². The maximum atomic E-state index is 12.8. The lowest BCUT2D eigenvalue weighted by atomic mass is 10.1. The van der Waals surface area contributed by atoms with Gasteiger partial charge in [-0.2, -0.15) is 4.98 Å². The minimum Gasteiger partial charge on any atom is -0.380 e. The smallest absolute Gasteiger partial charge is 0.316 e. The number of carbonyl (C=O) groups excluding carboxylic acids is 1. The normalized spacial score (nSPS) is 10.7. The number of hydrogen-bond donors (Lipinski definition) is 2. The molecule has 0 spiro atoms. The zero-order chi connectivity index (χ0) is 20.1. The topological polar surface area (TPSA) is 55.3 Å². The van der Waals surface area contributed by atoms with E-state index < -0.39 is 0 Å². The second-order valence-corrected chi connectivity index (χ2v) is 7.23. The van der Waals surface area contributed by atoms with Crippen molar-refractivity contribution in [1.82, 2.24) is 5.32 Å². The molecule has 1 amide bonds. The molecule has 3 N–H and O–H groups in total. The number of aromatic amines is 1. The van der Waals surface area contributed by atoms with Crippen LogP contribution in [0.5, 0.6) is 0 Å². The number of H-pyrrole nitrogens is 1. The van der Waals surface area contributed by atoms with Crippen molar-refractivity contribution in [3.05, 3.63) is 107 Å². The van der Waals surface area contributed by atoms with Gasteiger partial charge in [0.05, 0.1) is 11.1 Å². The third-order valence-corrected chi connectivity index (χ3v) is 4.93. The van der Waals surface area contributed by atoms with Crippen molar-refractivity contribution in [2.75, 3.05) is 5.32 Å². The molecule has 0 unspecified atom stereocenters. The van der Waals surface area contributed by atoms with Crippen LogP contribution in [0.4, 0.5) is 5.69 Å². The molecule has 0 aliphatic rings. The van der Waals surface area contributed by atoms with E-state index >= 15 is 0 Å².